The quantitative estimate of drug-likeness (QED) is 0.737. The lowest BCUT2D eigenvalue weighted by molar-refractivity contribution is -0.127. The molecule has 2 aromatic rings. The second kappa shape index (κ2) is 9.79. The number of ether oxygens (including phenoxy) is 1. The molecule has 1 aliphatic rings. The lowest BCUT2D eigenvalue weighted by atomic mass is 10.0. The Kier molecular flexibility index (Phi) is 7.14. The van der Waals surface area contributed by atoms with Gasteiger partial charge in [-0.25, -0.2) is 0 Å². The third kappa shape index (κ3) is 5.41. The first-order valence-electron chi connectivity index (χ1n) is 10.8. The number of nitrogens with zero attached hydrogens (tertiary/aromatic N) is 1. The summed E-state index contributed by atoms with van der Waals surface area (Å²) < 4.78 is 5.93. The maximum Gasteiger partial charge on any atom is 0.261 e. The standard InChI is InChI=1S/C25H32N2O3/c1-17(2)22-10-7-18(3)23(15-22)30-19(4)24(28)26-16-20-8-11-21(12-9-20)25(29)27-13-5-6-14-27/h7-12,15,17,19H,5-6,13-14,16H2,1-4H3,(H,26,28)/t19-/m0/s1. The zero-order chi connectivity index (χ0) is 21.7. The van der Waals surface area contributed by atoms with E-state index in [1.807, 2.05) is 48.2 Å². The van der Waals surface area contributed by atoms with Crippen LogP contribution in [0.1, 0.15) is 66.6 Å². The molecule has 0 radical (unpaired) electrons. The monoisotopic (exact) mass is 408 g/mol. The number of nitrogens with one attached hydrogen (secondary N) is 1. The van der Waals surface area contributed by atoms with Crippen LogP contribution in [0.2, 0.25) is 0 Å². The highest BCUT2D eigenvalue weighted by Gasteiger charge is 2.19. The maximum absolute atomic E-state index is 12.5. The number of benzene rings is 2. The molecule has 1 N–H and O–H groups in total. The molecule has 0 aliphatic carbocycles. The number of hydrogen-bond donors (Lipinski definition) is 1. The first-order chi connectivity index (χ1) is 14.3. The first-order valence-corrected chi connectivity index (χ1v) is 10.8. The van der Waals surface area contributed by atoms with E-state index < -0.39 is 6.10 Å². The molecule has 0 saturated carbocycles. The minimum Gasteiger partial charge on any atom is -0.481 e. The fourth-order valence-corrected chi connectivity index (χ4v) is 3.55. The van der Waals surface area contributed by atoms with Gasteiger partial charge in [0.1, 0.15) is 5.75 Å². The van der Waals surface area contributed by atoms with Gasteiger partial charge >= 0.3 is 0 Å². The Hall–Kier alpha value is -2.82. The van der Waals surface area contributed by atoms with Crippen molar-refractivity contribution in [1.29, 1.82) is 0 Å². The fourth-order valence-electron chi connectivity index (χ4n) is 3.55. The summed E-state index contributed by atoms with van der Waals surface area (Å²) in [6.07, 6.45) is 1.57. The van der Waals surface area contributed by atoms with E-state index in [9.17, 15) is 9.59 Å². The molecule has 1 atom stereocenters. The van der Waals surface area contributed by atoms with Gasteiger partial charge in [0.25, 0.3) is 11.8 Å². The highest BCUT2D eigenvalue weighted by Crippen LogP contribution is 2.25. The molecule has 160 valence electrons. The molecule has 2 aromatic carbocycles. The Morgan fingerprint density at radius 2 is 1.70 bits per heavy atom. The second-order valence-electron chi connectivity index (χ2n) is 8.35. The van der Waals surface area contributed by atoms with Gasteiger partial charge in [-0.05, 0) is 67.5 Å². The SMILES string of the molecule is Cc1ccc(C(C)C)cc1O[C@@H](C)C(=O)NCc1ccc(C(=O)N2CCCC2)cc1. The zero-order valence-electron chi connectivity index (χ0n) is 18.4. The maximum atomic E-state index is 12.5. The smallest absolute Gasteiger partial charge is 0.261 e. The molecule has 0 aromatic heterocycles. The molecule has 30 heavy (non-hydrogen) atoms. The van der Waals surface area contributed by atoms with Crippen molar-refractivity contribution in [2.24, 2.45) is 0 Å². The Morgan fingerprint density at radius 3 is 2.33 bits per heavy atom. The lowest BCUT2D eigenvalue weighted by Gasteiger charge is -2.18. The summed E-state index contributed by atoms with van der Waals surface area (Å²) >= 11 is 0. The molecule has 0 unspecified atom stereocenters. The Morgan fingerprint density at radius 1 is 1.03 bits per heavy atom. The lowest BCUT2D eigenvalue weighted by Crippen LogP contribution is -2.36. The van der Waals surface area contributed by atoms with E-state index in [0.717, 1.165) is 42.8 Å². The summed E-state index contributed by atoms with van der Waals surface area (Å²) in [5, 5.41) is 2.92. The molecule has 1 aliphatic heterocycles. The van der Waals surface area contributed by atoms with Crippen molar-refractivity contribution in [3.8, 4) is 5.75 Å². The van der Waals surface area contributed by atoms with Crippen molar-refractivity contribution in [2.75, 3.05) is 13.1 Å². The van der Waals surface area contributed by atoms with E-state index in [4.69, 9.17) is 4.74 Å². The summed E-state index contributed by atoms with van der Waals surface area (Å²) in [5.41, 5.74) is 3.85. The topological polar surface area (TPSA) is 58.6 Å². The van der Waals surface area contributed by atoms with Crippen LogP contribution in [0.5, 0.6) is 5.75 Å². The van der Waals surface area contributed by atoms with Crippen molar-refractivity contribution >= 4 is 11.8 Å². The number of aryl methyl sites for hydroxylation is 1. The Balaban J connectivity index is 1.53. The second-order valence-corrected chi connectivity index (χ2v) is 8.35. The van der Waals surface area contributed by atoms with Crippen LogP contribution in [0.4, 0.5) is 0 Å². The minimum absolute atomic E-state index is 0.0871. The van der Waals surface area contributed by atoms with Gasteiger partial charge in [-0.3, -0.25) is 9.59 Å². The van der Waals surface area contributed by atoms with Crippen LogP contribution in [-0.2, 0) is 11.3 Å². The van der Waals surface area contributed by atoms with Gasteiger partial charge in [0.2, 0.25) is 0 Å². The molecular formula is C25H32N2O3. The van der Waals surface area contributed by atoms with E-state index in [2.05, 4.69) is 25.2 Å². The van der Waals surface area contributed by atoms with E-state index in [0.29, 0.717) is 18.0 Å². The molecule has 0 spiro atoms. The highest BCUT2D eigenvalue weighted by molar-refractivity contribution is 5.94. The number of carbonyl (C=O) groups excluding carboxylic acids is 2. The predicted octanol–water partition coefficient (Wildman–Crippen LogP) is 4.44. The molecule has 5 heteroatoms. The third-order valence-corrected chi connectivity index (χ3v) is 5.61. The summed E-state index contributed by atoms with van der Waals surface area (Å²) in [7, 11) is 0. The molecule has 1 saturated heterocycles. The average Bonchev–Trinajstić information content (AvgIpc) is 3.28. The summed E-state index contributed by atoms with van der Waals surface area (Å²) in [6.45, 7) is 10.1. The number of likely N-dealkylation sites (tertiary alicyclic amines) is 1. The van der Waals surface area contributed by atoms with E-state index >= 15 is 0 Å². The number of carbonyl (C=O) groups is 2. The van der Waals surface area contributed by atoms with Crippen LogP contribution in [0.25, 0.3) is 0 Å². The molecule has 0 bridgehead atoms. The third-order valence-electron chi connectivity index (χ3n) is 5.61. The van der Waals surface area contributed by atoms with Gasteiger partial charge in [0, 0.05) is 25.2 Å². The largest absolute Gasteiger partial charge is 0.481 e. The Bertz CT molecular complexity index is 884. The summed E-state index contributed by atoms with van der Waals surface area (Å²) in [5.74, 6) is 1.07. The van der Waals surface area contributed by atoms with E-state index in [-0.39, 0.29) is 11.8 Å². The van der Waals surface area contributed by atoms with Crippen LogP contribution in [0.3, 0.4) is 0 Å². The van der Waals surface area contributed by atoms with Crippen LogP contribution < -0.4 is 10.1 Å². The minimum atomic E-state index is -0.595. The van der Waals surface area contributed by atoms with Crippen molar-refractivity contribution in [1.82, 2.24) is 10.2 Å². The van der Waals surface area contributed by atoms with Crippen molar-refractivity contribution < 1.29 is 14.3 Å². The normalized spacial score (nSPS) is 14.6. The van der Waals surface area contributed by atoms with E-state index in [1.54, 1.807) is 6.92 Å². The first kappa shape index (κ1) is 21.9. The number of rotatable bonds is 7. The fraction of sp³-hybridized carbons (Fsp3) is 0.440. The molecule has 5 nitrogen and oxygen atoms in total. The van der Waals surface area contributed by atoms with Crippen molar-refractivity contribution in [2.45, 2.75) is 59.1 Å². The van der Waals surface area contributed by atoms with Crippen molar-refractivity contribution in [3.05, 3.63) is 64.7 Å². The van der Waals surface area contributed by atoms with Crippen LogP contribution >= 0.6 is 0 Å². The van der Waals surface area contributed by atoms with Crippen LogP contribution in [-0.4, -0.2) is 35.9 Å². The highest BCUT2D eigenvalue weighted by atomic mass is 16.5. The van der Waals surface area contributed by atoms with Crippen molar-refractivity contribution in [3.63, 3.8) is 0 Å². The van der Waals surface area contributed by atoms with Gasteiger partial charge < -0.3 is 15.0 Å². The van der Waals surface area contributed by atoms with Gasteiger partial charge in [0.15, 0.2) is 6.10 Å². The molecule has 2 amide bonds. The predicted molar refractivity (Wildman–Crippen MR) is 119 cm³/mol. The molecule has 1 fully saturated rings. The van der Waals surface area contributed by atoms with Crippen LogP contribution in [0, 0.1) is 6.92 Å². The van der Waals surface area contributed by atoms with Crippen LogP contribution in [0.15, 0.2) is 42.5 Å². The molecule has 3 rings (SSSR count). The zero-order valence-corrected chi connectivity index (χ0v) is 18.4. The van der Waals surface area contributed by atoms with Gasteiger partial charge in [-0.15, -0.1) is 0 Å². The van der Waals surface area contributed by atoms with Gasteiger partial charge in [-0.1, -0.05) is 38.1 Å². The summed E-state index contributed by atoms with van der Waals surface area (Å²) in [6, 6.07) is 13.6. The van der Waals surface area contributed by atoms with Gasteiger partial charge in [0.05, 0.1) is 0 Å². The molecule has 1 heterocycles. The number of hydrogen-bond acceptors (Lipinski definition) is 3. The van der Waals surface area contributed by atoms with E-state index in [1.165, 1.54) is 5.56 Å². The summed E-state index contributed by atoms with van der Waals surface area (Å²) in [4.78, 5) is 26.8. The van der Waals surface area contributed by atoms with Gasteiger partial charge in [-0.2, -0.15) is 0 Å². The Labute approximate surface area is 179 Å². The molecular weight excluding hydrogens is 376 g/mol. The number of amides is 2. The average molecular weight is 409 g/mol.